The molecule has 3 atom stereocenters. The normalized spacial score (nSPS) is 44.0. The molecular formula is C9H18N2O. The van der Waals surface area contributed by atoms with E-state index in [4.69, 9.17) is 0 Å². The van der Waals surface area contributed by atoms with Crippen LogP contribution in [0.4, 0.5) is 0 Å². The van der Waals surface area contributed by atoms with Crippen molar-refractivity contribution >= 4 is 0 Å². The van der Waals surface area contributed by atoms with Gasteiger partial charge in [-0.05, 0) is 18.9 Å². The van der Waals surface area contributed by atoms with E-state index in [1.165, 1.54) is 19.5 Å². The van der Waals surface area contributed by atoms with Crippen LogP contribution in [0.25, 0.3) is 0 Å². The lowest BCUT2D eigenvalue weighted by molar-refractivity contribution is 0.0966. The maximum absolute atomic E-state index is 9.63. The molecule has 3 nitrogen and oxygen atoms in total. The van der Waals surface area contributed by atoms with Crippen molar-refractivity contribution in [2.24, 2.45) is 5.92 Å². The van der Waals surface area contributed by atoms with Crippen molar-refractivity contribution in [3.63, 3.8) is 0 Å². The first kappa shape index (κ1) is 8.48. The topological polar surface area (TPSA) is 35.5 Å². The number of likely N-dealkylation sites (tertiary alicyclic amines) is 1. The first-order valence-electron chi connectivity index (χ1n) is 4.90. The van der Waals surface area contributed by atoms with Crippen molar-refractivity contribution in [1.82, 2.24) is 10.2 Å². The minimum atomic E-state index is -0.143. The van der Waals surface area contributed by atoms with Gasteiger partial charge in [0.25, 0.3) is 0 Å². The van der Waals surface area contributed by atoms with Gasteiger partial charge in [-0.3, -0.25) is 4.90 Å². The van der Waals surface area contributed by atoms with Gasteiger partial charge in [-0.15, -0.1) is 0 Å². The van der Waals surface area contributed by atoms with Crippen LogP contribution in [0.15, 0.2) is 0 Å². The molecule has 2 heterocycles. The van der Waals surface area contributed by atoms with E-state index in [9.17, 15) is 5.11 Å². The van der Waals surface area contributed by atoms with Gasteiger partial charge in [0.1, 0.15) is 0 Å². The molecule has 0 saturated carbocycles. The van der Waals surface area contributed by atoms with Crippen molar-refractivity contribution < 1.29 is 5.11 Å². The maximum Gasteiger partial charge on any atom is 0.0831 e. The lowest BCUT2D eigenvalue weighted by Crippen LogP contribution is -2.41. The van der Waals surface area contributed by atoms with Crippen molar-refractivity contribution in [2.45, 2.75) is 25.5 Å². The van der Waals surface area contributed by atoms with Crippen molar-refractivity contribution in [3.05, 3.63) is 0 Å². The van der Waals surface area contributed by atoms with Crippen LogP contribution in [-0.4, -0.2) is 48.3 Å². The number of β-amino-alcohol motifs (C(OH)–C–C–N with tert-alkyl or cyclic N) is 1. The molecule has 12 heavy (non-hydrogen) atoms. The molecule has 2 rings (SSSR count). The molecule has 0 spiro atoms. The Bertz CT molecular complexity index is 163. The van der Waals surface area contributed by atoms with Crippen LogP contribution in [0, 0.1) is 5.92 Å². The predicted molar refractivity (Wildman–Crippen MR) is 48.0 cm³/mol. The van der Waals surface area contributed by atoms with Gasteiger partial charge in [-0.25, -0.2) is 0 Å². The van der Waals surface area contributed by atoms with Crippen molar-refractivity contribution in [1.29, 1.82) is 0 Å². The van der Waals surface area contributed by atoms with Crippen molar-refractivity contribution in [2.75, 3.05) is 26.2 Å². The summed E-state index contributed by atoms with van der Waals surface area (Å²) in [4.78, 5) is 2.43. The minimum Gasteiger partial charge on any atom is -0.390 e. The van der Waals surface area contributed by atoms with E-state index in [1.54, 1.807) is 0 Å². The van der Waals surface area contributed by atoms with Gasteiger partial charge >= 0.3 is 0 Å². The Morgan fingerprint density at radius 1 is 1.42 bits per heavy atom. The number of rotatable bonds is 1. The summed E-state index contributed by atoms with van der Waals surface area (Å²) in [7, 11) is 0. The number of nitrogens with one attached hydrogen (secondary N) is 1. The molecule has 0 aliphatic carbocycles. The summed E-state index contributed by atoms with van der Waals surface area (Å²) in [5.41, 5.74) is 0. The van der Waals surface area contributed by atoms with Crippen LogP contribution in [0.5, 0.6) is 0 Å². The lowest BCUT2D eigenvalue weighted by atomic mass is 10.1. The highest BCUT2D eigenvalue weighted by Crippen LogP contribution is 2.20. The van der Waals surface area contributed by atoms with E-state index in [2.05, 4.69) is 17.1 Å². The highest BCUT2D eigenvalue weighted by atomic mass is 16.3. The Morgan fingerprint density at radius 3 is 2.75 bits per heavy atom. The van der Waals surface area contributed by atoms with Gasteiger partial charge in [-0.1, -0.05) is 6.92 Å². The summed E-state index contributed by atoms with van der Waals surface area (Å²) in [6.07, 6.45) is 1.15. The van der Waals surface area contributed by atoms with Crippen LogP contribution in [0.1, 0.15) is 13.3 Å². The highest BCUT2D eigenvalue weighted by Gasteiger charge is 2.33. The molecule has 2 aliphatic heterocycles. The number of aliphatic hydroxyl groups is 1. The average Bonchev–Trinajstić information content (AvgIpc) is 2.58. The second-order valence-corrected chi connectivity index (χ2v) is 4.18. The largest absolute Gasteiger partial charge is 0.390 e. The lowest BCUT2D eigenvalue weighted by Gasteiger charge is -2.25. The van der Waals surface area contributed by atoms with Gasteiger partial charge < -0.3 is 10.4 Å². The fraction of sp³-hybridized carbons (Fsp3) is 1.00. The molecule has 2 saturated heterocycles. The predicted octanol–water partition coefficient (Wildman–Crippen LogP) is -0.339. The highest BCUT2D eigenvalue weighted by molar-refractivity contribution is 4.91. The number of hydrogen-bond donors (Lipinski definition) is 2. The minimum absolute atomic E-state index is 0.143. The van der Waals surface area contributed by atoms with Crippen LogP contribution >= 0.6 is 0 Å². The van der Waals surface area contributed by atoms with E-state index >= 15 is 0 Å². The summed E-state index contributed by atoms with van der Waals surface area (Å²) in [6, 6.07) is 0.384. The van der Waals surface area contributed by atoms with Gasteiger partial charge in [-0.2, -0.15) is 0 Å². The third kappa shape index (κ3) is 1.49. The zero-order valence-corrected chi connectivity index (χ0v) is 7.66. The maximum atomic E-state index is 9.63. The summed E-state index contributed by atoms with van der Waals surface area (Å²) in [5.74, 6) is 0.817. The van der Waals surface area contributed by atoms with E-state index in [-0.39, 0.29) is 6.10 Å². The Balaban J connectivity index is 1.91. The zero-order chi connectivity index (χ0) is 8.55. The zero-order valence-electron chi connectivity index (χ0n) is 7.66. The van der Waals surface area contributed by atoms with Crippen LogP contribution in [0.3, 0.4) is 0 Å². The van der Waals surface area contributed by atoms with Crippen LogP contribution in [-0.2, 0) is 0 Å². The monoisotopic (exact) mass is 170 g/mol. The summed E-state index contributed by atoms with van der Waals surface area (Å²) < 4.78 is 0. The van der Waals surface area contributed by atoms with Gasteiger partial charge in [0.15, 0.2) is 0 Å². The Kier molecular flexibility index (Phi) is 2.35. The number of aliphatic hydroxyl groups excluding tert-OH is 1. The van der Waals surface area contributed by atoms with E-state index in [0.29, 0.717) is 6.04 Å². The Labute approximate surface area is 73.8 Å². The van der Waals surface area contributed by atoms with E-state index in [0.717, 1.165) is 19.0 Å². The molecule has 2 N–H and O–H groups in total. The summed E-state index contributed by atoms with van der Waals surface area (Å²) in [6.45, 7) is 6.37. The summed E-state index contributed by atoms with van der Waals surface area (Å²) in [5, 5.41) is 12.9. The molecule has 70 valence electrons. The van der Waals surface area contributed by atoms with E-state index in [1.807, 2.05) is 0 Å². The SMILES string of the molecule is CC1CCN([C@@H]2CNC[C@H]2O)C1. The molecule has 1 unspecified atom stereocenters. The molecule has 0 radical (unpaired) electrons. The van der Waals surface area contributed by atoms with Crippen LogP contribution < -0.4 is 5.32 Å². The molecule has 0 aromatic heterocycles. The molecule has 0 aromatic carbocycles. The molecule has 0 bridgehead atoms. The molecule has 0 amide bonds. The fourth-order valence-corrected chi connectivity index (χ4v) is 2.29. The average molecular weight is 170 g/mol. The number of hydrogen-bond acceptors (Lipinski definition) is 3. The van der Waals surface area contributed by atoms with Crippen LogP contribution in [0.2, 0.25) is 0 Å². The molecule has 0 aromatic rings. The quantitative estimate of drug-likeness (QED) is 0.565. The van der Waals surface area contributed by atoms with Gasteiger partial charge in [0.2, 0.25) is 0 Å². The first-order valence-corrected chi connectivity index (χ1v) is 4.90. The number of nitrogens with zero attached hydrogens (tertiary/aromatic N) is 1. The third-order valence-electron chi connectivity index (χ3n) is 3.08. The Hall–Kier alpha value is -0.120. The van der Waals surface area contributed by atoms with Gasteiger partial charge in [0.05, 0.1) is 6.10 Å². The fourth-order valence-electron chi connectivity index (χ4n) is 2.29. The first-order chi connectivity index (χ1) is 5.77. The molecular weight excluding hydrogens is 152 g/mol. The van der Waals surface area contributed by atoms with Gasteiger partial charge in [0, 0.05) is 25.7 Å². The second-order valence-electron chi connectivity index (χ2n) is 4.18. The van der Waals surface area contributed by atoms with E-state index < -0.39 is 0 Å². The smallest absolute Gasteiger partial charge is 0.0831 e. The third-order valence-corrected chi connectivity index (χ3v) is 3.08. The molecule has 2 fully saturated rings. The molecule has 3 heteroatoms. The Morgan fingerprint density at radius 2 is 2.25 bits per heavy atom. The second kappa shape index (κ2) is 3.32. The van der Waals surface area contributed by atoms with Crippen molar-refractivity contribution in [3.8, 4) is 0 Å². The molecule has 2 aliphatic rings. The standard InChI is InChI=1S/C9H18N2O/c1-7-2-3-11(6-7)8-4-10-5-9(8)12/h7-10,12H,2-6H2,1H3/t7?,8-,9-/m1/s1. The summed E-state index contributed by atoms with van der Waals surface area (Å²) >= 11 is 0.